The molecule has 0 amide bonds. The van der Waals surface area contributed by atoms with Crippen LogP contribution >= 0.6 is 11.6 Å². The lowest BCUT2D eigenvalue weighted by molar-refractivity contribution is 0.897. The first-order chi connectivity index (χ1) is 8.34. The van der Waals surface area contributed by atoms with Gasteiger partial charge in [0.05, 0.1) is 11.6 Å². The fourth-order valence-electron chi connectivity index (χ4n) is 1.50. The van der Waals surface area contributed by atoms with Crippen LogP contribution in [0.25, 0.3) is 5.57 Å². The highest BCUT2D eigenvalue weighted by Gasteiger charge is 2.10. The Morgan fingerprint density at radius 1 is 1.28 bits per heavy atom. The Morgan fingerprint density at radius 2 is 1.89 bits per heavy atom. The maximum Gasteiger partial charge on any atom is 0.0539 e. The Balaban J connectivity index is 2.94. The minimum Gasteiger partial charge on any atom is -0.401 e. The van der Waals surface area contributed by atoms with Crippen molar-refractivity contribution in [3.63, 3.8) is 0 Å². The fraction of sp³-hybridized carbons (Fsp3) is 0.200. The minimum absolute atomic E-state index is 0.473. The number of benzene rings is 1. The molecule has 0 unspecified atom stereocenters. The molecule has 0 aliphatic heterocycles. The third-order valence-electron chi connectivity index (χ3n) is 2.88. The number of hydrogen-bond donors (Lipinski definition) is 2. The Labute approximate surface area is 114 Å². The van der Waals surface area contributed by atoms with Crippen molar-refractivity contribution in [3.8, 4) is 0 Å². The standard InChI is InChI=1S/C15H19ClN2/c1-9-6-7-14(15(16)11(9)3)12(4)13(5)18-8-10(2)17/h6-7,18H,2,4-5,8,17H2,1,3H3. The first kappa shape index (κ1) is 14.4. The van der Waals surface area contributed by atoms with E-state index in [1.54, 1.807) is 0 Å². The van der Waals surface area contributed by atoms with Crippen LogP contribution < -0.4 is 11.1 Å². The van der Waals surface area contributed by atoms with Gasteiger partial charge in [-0.2, -0.15) is 0 Å². The van der Waals surface area contributed by atoms with Gasteiger partial charge < -0.3 is 11.1 Å². The van der Waals surface area contributed by atoms with Gasteiger partial charge in [0.1, 0.15) is 0 Å². The minimum atomic E-state index is 0.473. The molecular weight excluding hydrogens is 244 g/mol. The third kappa shape index (κ3) is 3.17. The highest BCUT2D eigenvalue weighted by atomic mass is 35.5. The molecule has 18 heavy (non-hydrogen) atoms. The van der Waals surface area contributed by atoms with Crippen LogP contribution in [0.2, 0.25) is 5.02 Å². The molecule has 96 valence electrons. The van der Waals surface area contributed by atoms with E-state index in [-0.39, 0.29) is 0 Å². The van der Waals surface area contributed by atoms with Gasteiger partial charge in [-0.05, 0) is 30.5 Å². The second-order valence-electron chi connectivity index (χ2n) is 4.34. The fourth-order valence-corrected chi connectivity index (χ4v) is 1.83. The van der Waals surface area contributed by atoms with E-state index in [1.807, 2.05) is 26.0 Å². The summed E-state index contributed by atoms with van der Waals surface area (Å²) < 4.78 is 0. The molecule has 0 aliphatic carbocycles. The number of nitrogens with two attached hydrogens (primary N) is 1. The monoisotopic (exact) mass is 262 g/mol. The van der Waals surface area contributed by atoms with Crippen molar-refractivity contribution in [2.45, 2.75) is 13.8 Å². The molecule has 2 nitrogen and oxygen atoms in total. The lowest BCUT2D eigenvalue weighted by Crippen LogP contribution is -2.19. The molecule has 1 rings (SSSR count). The van der Waals surface area contributed by atoms with Crippen molar-refractivity contribution in [2.24, 2.45) is 5.73 Å². The second kappa shape index (κ2) is 5.78. The first-order valence-electron chi connectivity index (χ1n) is 5.66. The largest absolute Gasteiger partial charge is 0.401 e. The van der Waals surface area contributed by atoms with E-state index in [4.69, 9.17) is 17.3 Å². The van der Waals surface area contributed by atoms with Crippen molar-refractivity contribution in [1.29, 1.82) is 0 Å². The summed E-state index contributed by atoms with van der Waals surface area (Å²) in [6, 6.07) is 3.98. The molecule has 0 aliphatic rings. The number of aryl methyl sites for hydroxylation is 1. The van der Waals surface area contributed by atoms with E-state index in [2.05, 4.69) is 25.1 Å². The third-order valence-corrected chi connectivity index (χ3v) is 3.36. The summed E-state index contributed by atoms with van der Waals surface area (Å²) in [6.07, 6.45) is 0. The molecule has 0 heterocycles. The van der Waals surface area contributed by atoms with Crippen LogP contribution in [0.3, 0.4) is 0 Å². The molecule has 3 N–H and O–H groups in total. The van der Waals surface area contributed by atoms with Gasteiger partial charge in [0.2, 0.25) is 0 Å². The number of rotatable bonds is 5. The molecule has 1 aromatic carbocycles. The SMILES string of the molecule is C=C(N)CNC(=C)C(=C)c1ccc(C)c(C)c1Cl. The van der Waals surface area contributed by atoms with Gasteiger partial charge in [0.25, 0.3) is 0 Å². The summed E-state index contributed by atoms with van der Waals surface area (Å²) in [7, 11) is 0. The highest BCUT2D eigenvalue weighted by molar-refractivity contribution is 6.33. The van der Waals surface area contributed by atoms with Crippen molar-refractivity contribution in [1.82, 2.24) is 5.32 Å². The highest BCUT2D eigenvalue weighted by Crippen LogP contribution is 2.30. The van der Waals surface area contributed by atoms with E-state index in [1.165, 1.54) is 0 Å². The van der Waals surface area contributed by atoms with Gasteiger partial charge in [-0.3, -0.25) is 0 Å². The summed E-state index contributed by atoms with van der Waals surface area (Å²) in [5.41, 5.74) is 10.6. The van der Waals surface area contributed by atoms with Crippen LogP contribution in [0.15, 0.2) is 43.3 Å². The Hall–Kier alpha value is -1.67. The molecule has 0 radical (unpaired) electrons. The predicted molar refractivity (Wildman–Crippen MR) is 80.4 cm³/mol. The zero-order valence-electron chi connectivity index (χ0n) is 10.9. The van der Waals surface area contributed by atoms with Gasteiger partial charge in [-0.15, -0.1) is 0 Å². The molecule has 0 fully saturated rings. The van der Waals surface area contributed by atoms with Crippen LogP contribution in [-0.4, -0.2) is 6.54 Å². The molecule has 1 aromatic rings. The van der Waals surface area contributed by atoms with Gasteiger partial charge in [-0.1, -0.05) is 43.5 Å². The topological polar surface area (TPSA) is 38.0 Å². The lowest BCUT2D eigenvalue weighted by atomic mass is 9.99. The van der Waals surface area contributed by atoms with Crippen LogP contribution in [-0.2, 0) is 0 Å². The average molecular weight is 263 g/mol. The van der Waals surface area contributed by atoms with Crippen molar-refractivity contribution < 1.29 is 0 Å². The summed E-state index contributed by atoms with van der Waals surface area (Å²) in [5.74, 6) is 0. The predicted octanol–water partition coefficient (Wildman–Crippen LogP) is 3.55. The summed E-state index contributed by atoms with van der Waals surface area (Å²) in [5, 5.41) is 3.78. The van der Waals surface area contributed by atoms with Crippen molar-refractivity contribution >= 4 is 17.2 Å². The van der Waals surface area contributed by atoms with Crippen molar-refractivity contribution in [2.75, 3.05) is 6.54 Å². The Kier molecular flexibility index (Phi) is 4.62. The Morgan fingerprint density at radius 3 is 2.44 bits per heavy atom. The summed E-state index contributed by atoms with van der Waals surface area (Å²) in [6.45, 7) is 16.1. The maximum atomic E-state index is 6.33. The normalized spacial score (nSPS) is 9.94. The molecule has 0 spiro atoms. The van der Waals surface area contributed by atoms with Gasteiger partial charge >= 0.3 is 0 Å². The van der Waals surface area contributed by atoms with E-state index in [0.29, 0.717) is 17.9 Å². The van der Waals surface area contributed by atoms with E-state index in [9.17, 15) is 0 Å². The summed E-state index contributed by atoms with van der Waals surface area (Å²) >= 11 is 6.33. The summed E-state index contributed by atoms with van der Waals surface area (Å²) in [4.78, 5) is 0. The van der Waals surface area contributed by atoms with Crippen LogP contribution in [0.1, 0.15) is 16.7 Å². The molecule has 3 heteroatoms. The number of allylic oxidation sites excluding steroid dienone is 1. The lowest BCUT2D eigenvalue weighted by Gasteiger charge is -2.15. The molecule has 0 bridgehead atoms. The van der Waals surface area contributed by atoms with Crippen LogP contribution in [0.5, 0.6) is 0 Å². The molecule has 0 atom stereocenters. The van der Waals surface area contributed by atoms with E-state index < -0.39 is 0 Å². The number of hydrogen-bond acceptors (Lipinski definition) is 2. The maximum absolute atomic E-state index is 6.33. The van der Waals surface area contributed by atoms with E-state index in [0.717, 1.165) is 27.3 Å². The number of halogens is 1. The van der Waals surface area contributed by atoms with E-state index >= 15 is 0 Å². The van der Waals surface area contributed by atoms with Gasteiger partial charge in [0, 0.05) is 17.0 Å². The smallest absolute Gasteiger partial charge is 0.0539 e. The average Bonchev–Trinajstić information content (AvgIpc) is 2.32. The second-order valence-corrected chi connectivity index (χ2v) is 4.72. The van der Waals surface area contributed by atoms with Crippen LogP contribution in [0.4, 0.5) is 0 Å². The molecule has 0 saturated heterocycles. The molecule has 0 aromatic heterocycles. The zero-order chi connectivity index (χ0) is 13.9. The number of nitrogens with one attached hydrogen (secondary N) is 1. The van der Waals surface area contributed by atoms with Gasteiger partial charge in [-0.25, -0.2) is 0 Å². The first-order valence-corrected chi connectivity index (χ1v) is 6.03. The molecular formula is C15H19ClN2. The van der Waals surface area contributed by atoms with Crippen molar-refractivity contribution in [3.05, 3.63) is 65.0 Å². The molecule has 0 saturated carbocycles. The quantitative estimate of drug-likeness (QED) is 0.797. The zero-order valence-corrected chi connectivity index (χ0v) is 11.7. The Bertz CT molecular complexity index is 515. The van der Waals surface area contributed by atoms with Gasteiger partial charge in [0.15, 0.2) is 0 Å². The van der Waals surface area contributed by atoms with Crippen LogP contribution in [0, 0.1) is 13.8 Å².